The Labute approximate surface area is 202 Å². The van der Waals surface area contributed by atoms with Crippen LogP contribution in [0.2, 0.25) is 0 Å². The van der Waals surface area contributed by atoms with E-state index in [1.165, 1.54) is 0 Å². The SMILES string of the molecule is C[N+]1(/N=C/c2cccc(-c3cccc(C(=O)O)c3)c2)C(=O)C(O)(c2ccccc2)c2ccccc21. The summed E-state index contributed by atoms with van der Waals surface area (Å²) in [5, 5.41) is 25.6. The van der Waals surface area contributed by atoms with E-state index >= 15 is 0 Å². The van der Waals surface area contributed by atoms with Crippen LogP contribution < -0.4 is 4.59 Å². The van der Waals surface area contributed by atoms with Gasteiger partial charge < -0.3 is 10.2 Å². The van der Waals surface area contributed by atoms with E-state index in [0.717, 1.165) is 16.7 Å². The summed E-state index contributed by atoms with van der Waals surface area (Å²) in [5.41, 5.74) is 2.33. The van der Waals surface area contributed by atoms with Gasteiger partial charge in [-0.3, -0.25) is 0 Å². The van der Waals surface area contributed by atoms with Crippen LogP contribution in [0.25, 0.3) is 11.1 Å². The Hall–Kier alpha value is -4.39. The lowest BCUT2D eigenvalue weighted by molar-refractivity contribution is -0.142. The molecule has 35 heavy (non-hydrogen) atoms. The number of rotatable bonds is 5. The third-order valence-corrected chi connectivity index (χ3v) is 6.43. The van der Waals surface area contributed by atoms with Gasteiger partial charge in [0.2, 0.25) is 5.60 Å². The van der Waals surface area contributed by atoms with Gasteiger partial charge in [0.15, 0.2) is 5.69 Å². The molecule has 1 amide bonds. The van der Waals surface area contributed by atoms with Crippen LogP contribution in [0.1, 0.15) is 27.0 Å². The highest BCUT2D eigenvalue weighted by Crippen LogP contribution is 2.47. The van der Waals surface area contributed by atoms with Gasteiger partial charge in [0.05, 0.1) is 17.3 Å². The summed E-state index contributed by atoms with van der Waals surface area (Å²) in [5.74, 6) is -1.45. The van der Waals surface area contributed by atoms with Crippen LogP contribution in [-0.4, -0.2) is 35.4 Å². The van der Waals surface area contributed by atoms with Crippen molar-refractivity contribution in [2.24, 2.45) is 5.10 Å². The largest absolute Gasteiger partial charge is 0.478 e. The molecule has 0 saturated heterocycles. The molecule has 4 aromatic carbocycles. The Balaban J connectivity index is 1.55. The first-order valence-corrected chi connectivity index (χ1v) is 11.1. The van der Waals surface area contributed by atoms with Gasteiger partial charge in [-0.2, -0.15) is 0 Å². The summed E-state index contributed by atoms with van der Waals surface area (Å²) in [6, 6.07) is 30.3. The molecule has 0 fully saturated rings. The molecule has 2 atom stereocenters. The highest BCUT2D eigenvalue weighted by atomic mass is 16.4. The van der Waals surface area contributed by atoms with Gasteiger partial charge in [-0.15, -0.1) is 4.59 Å². The second-order valence-electron chi connectivity index (χ2n) is 8.61. The number of nitrogens with zero attached hydrogens (tertiary/aromatic N) is 2. The lowest BCUT2D eigenvalue weighted by atomic mass is 9.88. The van der Waals surface area contributed by atoms with Gasteiger partial charge in [-0.25, -0.2) is 9.59 Å². The van der Waals surface area contributed by atoms with Crippen molar-refractivity contribution < 1.29 is 19.8 Å². The average Bonchev–Trinajstić information content (AvgIpc) is 3.08. The van der Waals surface area contributed by atoms with Crippen molar-refractivity contribution in [3.05, 3.63) is 125 Å². The summed E-state index contributed by atoms with van der Waals surface area (Å²) in [7, 11) is 1.67. The van der Waals surface area contributed by atoms with Crippen LogP contribution in [0.5, 0.6) is 0 Å². The van der Waals surface area contributed by atoms with Crippen molar-refractivity contribution in [1.82, 2.24) is 4.59 Å². The van der Waals surface area contributed by atoms with E-state index in [2.05, 4.69) is 5.10 Å². The lowest BCUT2D eigenvalue weighted by Crippen LogP contribution is -2.50. The van der Waals surface area contributed by atoms with Gasteiger partial charge in [0.1, 0.15) is 7.05 Å². The number of quaternary nitrogens is 1. The monoisotopic (exact) mass is 463 g/mol. The number of benzene rings is 4. The minimum Gasteiger partial charge on any atom is -0.478 e. The predicted octanol–water partition coefficient (Wildman–Crippen LogP) is 4.80. The van der Waals surface area contributed by atoms with E-state index in [9.17, 15) is 19.8 Å². The van der Waals surface area contributed by atoms with E-state index in [1.807, 2.05) is 42.5 Å². The highest BCUT2D eigenvalue weighted by molar-refractivity contribution is 6.05. The van der Waals surface area contributed by atoms with Gasteiger partial charge in [0.25, 0.3) is 0 Å². The number of amides is 1. The van der Waals surface area contributed by atoms with Crippen LogP contribution in [0.4, 0.5) is 5.69 Å². The molecule has 1 aliphatic heterocycles. The standard InChI is InChI=1S/C29H22N2O4/c1-31(26-16-6-5-15-25(26)29(35,28(31)34)24-13-3-2-4-14-24)30-19-20-9-7-10-21(17-20)22-11-8-12-23(18-22)27(32)33/h2-19,35H,1H3/p+1/b30-19+. The lowest BCUT2D eigenvalue weighted by Gasteiger charge is -2.23. The second kappa shape index (κ2) is 8.43. The third kappa shape index (κ3) is 3.65. The molecule has 2 N–H and O–H groups in total. The maximum Gasteiger partial charge on any atom is 0.386 e. The molecule has 4 aromatic rings. The third-order valence-electron chi connectivity index (χ3n) is 6.43. The first kappa shape index (κ1) is 22.4. The van der Waals surface area contributed by atoms with Gasteiger partial charge >= 0.3 is 11.9 Å². The van der Waals surface area contributed by atoms with Crippen molar-refractivity contribution >= 4 is 23.8 Å². The number of carbonyl (C=O) groups is 2. The second-order valence-corrected chi connectivity index (χ2v) is 8.61. The van der Waals surface area contributed by atoms with E-state index in [-0.39, 0.29) is 5.56 Å². The number of aliphatic hydroxyl groups is 1. The highest BCUT2D eigenvalue weighted by Gasteiger charge is 2.62. The molecule has 6 nitrogen and oxygen atoms in total. The molecule has 0 aromatic heterocycles. The predicted molar refractivity (Wildman–Crippen MR) is 135 cm³/mol. The summed E-state index contributed by atoms with van der Waals surface area (Å²) in [6.07, 6.45) is 1.61. The zero-order chi connectivity index (χ0) is 24.6. The van der Waals surface area contributed by atoms with Crippen LogP contribution >= 0.6 is 0 Å². The van der Waals surface area contributed by atoms with E-state index in [4.69, 9.17) is 0 Å². The molecule has 0 radical (unpaired) electrons. The Bertz CT molecular complexity index is 1480. The molecule has 0 saturated carbocycles. The first-order chi connectivity index (χ1) is 16.8. The zero-order valence-electron chi connectivity index (χ0n) is 19.0. The normalized spacial score (nSPS) is 21.3. The van der Waals surface area contributed by atoms with Gasteiger partial charge in [-0.05, 0) is 41.0 Å². The Morgan fingerprint density at radius 3 is 2.26 bits per heavy atom. The smallest absolute Gasteiger partial charge is 0.386 e. The number of aromatic carboxylic acids is 1. The number of carboxylic acid groups (broad SMARTS) is 1. The molecular weight excluding hydrogens is 440 g/mol. The minimum atomic E-state index is -1.82. The summed E-state index contributed by atoms with van der Waals surface area (Å²) in [6.45, 7) is 0. The Kier molecular flexibility index (Phi) is 5.40. The van der Waals surface area contributed by atoms with E-state index in [1.54, 1.807) is 73.9 Å². The van der Waals surface area contributed by atoms with Crippen molar-refractivity contribution in [1.29, 1.82) is 0 Å². The molecule has 0 aliphatic carbocycles. The molecule has 0 spiro atoms. The van der Waals surface area contributed by atoms with Crippen LogP contribution in [-0.2, 0) is 10.4 Å². The summed E-state index contributed by atoms with van der Waals surface area (Å²) in [4.78, 5) is 25.1. The number of fused-ring (bicyclic) bond motifs is 1. The zero-order valence-corrected chi connectivity index (χ0v) is 19.0. The van der Waals surface area contributed by atoms with Gasteiger partial charge in [0, 0.05) is 11.6 Å². The average molecular weight is 464 g/mol. The minimum absolute atomic E-state index is 0.208. The maximum atomic E-state index is 13.8. The molecule has 1 heterocycles. The van der Waals surface area contributed by atoms with E-state index < -0.39 is 22.1 Å². The summed E-state index contributed by atoms with van der Waals surface area (Å²) < 4.78 is -0.444. The fourth-order valence-electron chi connectivity index (χ4n) is 4.58. The van der Waals surface area contributed by atoms with Gasteiger partial charge in [-0.1, -0.05) is 77.9 Å². The van der Waals surface area contributed by atoms with Crippen molar-refractivity contribution in [3.63, 3.8) is 0 Å². The fourth-order valence-corrected chi connectivity index (χ4v) is 4.58. The van der Waals surface area contributed by atoms with Crippen molar-refractivity contribution in [3.8, 4) is 11.1 Å². The number of carbonyl (C=O) groups excluding carboxylic acids is 1. The number of para-hydroxylation sites is 1. The van der Waals surface area contributed by atoms with Crippen LogP contribution in [0, 0.1) is 0 Å². The molecular formula is C29H23N2O4+. The first-order valence-electron chi connectivity index (χ1n) is 11.1. The molecule has 0 bridgehead atoms. The molecule has 5 rings (SSSR count). The molecule has 2 unspecified atom stereocenters. The number of hydrogen-bond donors (Lipinski definition) is 2. The van der Waals surface area contributed by atoms with Crippen molar-refractivity contribution in [2.75, 3.05) is 7.05 Å². The molecule has 1 aliphatic rings. The topological polar surface area (TPSA) is 87.0 Å². The number of carboxylic acids is 1. The Morgan fingerprint density at radius 1 is 0.857 bits per heavy atom. The van der Waals surface area contributed by atoms with Crippen molar-refractivity contribution in [2.45, 2.75) is 5.60 Å². The fraction of sp³-hybridized carbons (Fsp3) is 0.0690. The number of likely N-dealkylation sites (N-methyl/N-ethyl adjacent to an activating group) is 1. The maximum absolute atomic E-state index is 13.8. The quantitative estimate of drug-likeness (QED) is 0.329. The molecule has 172 valence electrons. The van der Waals surface area contributed by atoms with E-state index in [0.29, 0.717) is 16.8 Å². The number of hydrogen-bond acceptors (Lipinski definition) is 4. The molecule has 6 heteroatoms. The van der Waals surface area contributed by atoms with Crippen LogP contribution in [0.3, 0.4) is 0 Å². The summed E-state index contributed by atoms with van der Waals surface area (Å²) >= 11 is 0. The Morgan fingerprint density at radius 2 is 1.51 bits per heavy atom. The van der Waals surface area contributed by atoms with Crippen LogP contribution in [0.15, 0.2) is 108 Å².